The number of hydrogen-bond donors (Lipinski definition) is 1. The molecule has 0 unspecified atom stereocenters. The number of rotatable bonds is 3. The van der Waals surface area contributed by atoms with Crippen molar-refractivity contribution in [1.82, 2.24) is 19.8 Å². The van der Waals surface area contributed by atoms with E-state index >= 15 is 0 Å². The van der Waals surface area contributed by atoms with Crippen molar-refractivity contribution in [2.45, 2.75) is 31.2 Å². The van der Waals surface area contributed by atoms with E-state index in [2.05, 4.69) is 9.88 Å². The second-order valence-corrected chi connectivity index (χ2v) is 9.02. The molecule has 2 N–H and O–H groups in total. The van der Waals surface area contributed by atoms with Gasteiger partial charge in [-0.3, -0.25) is 4.98 Å². The number of nitrogens with two attached hydrogens (primary N) is 1. The summed E-state index contributed by atoms with van der Waals surface area (Å²) < 4.78 is 0. The average Bonchev–Trinajstić information content (AvgIpc) is 3.20. The van der Waals surface area contributed by atoms with Gasteiger partial charge in [0, 0.05) is 47.9 Å². The molecular weight excluding hydrogens is 346 g/mol. The molecule has 1 saturated carbocycles. The van der Waals surface area contributed by atoms with E-state index in [1.165, 1.54) is 30.0 Å². The van der Waals surface area contributed by atoms with Gasteiger partial charge in [-0.05, 0) is 43.9 Å². The first kappa shape index (κ1) is 16.2. The number of likely N-dealkylation sites (tertiary alicyclic amines) is 1. The van der Waals surface area contributed by atoms with Crippen LogP contribution in [0.4, 0.5) is 4.79 Å². The van der Waals surface area contributed by atoms with Gasteiger partial charge in [0.1, 0.15) is 5.01 Å². The summed E-state index contributed by atoms with van der Waals surface area (Å²) in [6.07, 6.45) is 7.41. The SMILES string of the molecule is NC(=O)N1Cc2sc(-c3cccnc3)nc2[C@]2(CCN(CC3CC3)C2)C1. The van der Waals surface area contributed by atoms with Crippen molar-refractivity contribution in [3.05, 3.63) is 35.1 Å². The fraction of sp³-hybridized carbons (Fsp3) is 0.526. The standard InChI is InChI=1S/C19H23N5OS/c20-18(25)24-10-15-16(22-17(26-15)14-2-1-6-21-8-14)19(12-24)5-7-23(11-19)9-13-3-4-13/h1-2,6,8,13H,3-5,7,9-12H2,(H2,20,25)/t19-/m0/s1. The number of urea groups is 1. The molecule has 3 aliphatic rings. The second-order valence-electron chi connectivity index (χ2n) is 7.94. The van der Waals surface area contributed by atoms with Gasteiger partial charge in [0.25, 0.3) is 0 Å². The van der Waals surface area contributed by atoms with Gasteiger partial charge in [-0.1, -0.05) is 0 Å². The molecule has 2 aromatic heterocycles. The quantitative estimate of drug-likeness (QED) is 0.902. The summed E-state index contributed by atoms with van der Waals surface area (Å²) in [5, 5.41) is 0.995. The van der Waals surface area contributed by atoms with Gasteiger partial charge in [-0.15, -0.1) is 11.3 Å². The Morgan fingerprint density at radius 2 is 2.27 bits per heavy atom. The largest absolute Gasteiger partial charge is 0.351 e. The van der Waals surface area contributed by atoms with Crippen LogP contribution < -0.4 is 5.73 Å². The molecule has 1 saturated heterocycles. The molecule has 1 spiro atoms. The Bertz CT molecular complexity index is 834. The van der Waals surface area contributed by atoms with E-state index in [1.54, 1.807) is 22.4 Å². The van der Waals surface area contributed by atoms with Crippen molar-refractivity contribution in [3.8, 4) is 10.6 Å². The van der Waals surface area contributed by atoms with Gasteiger partial charge in [0.05, 0.1) is 12.2 Å². The van der Waals surface area contributed by atoms with Gasteiger partial charge in [0.15, 0.2) is 0 Å². The first-order valence-corrected chi connectivity index (χ1v) is 10.1. The molecule has 1 atom stereocenters. The Kier molecular flexibility index (Phi) is 3.76. The Balaban J connectivity index is 1.51. The molecule has 2 aliphatic heterocycles. The summed E-state index contributed by atoms with van der Waals surface area (Å²) in [5.41, 5.74) is 7.83. The Morgan fingerprint density at radius 3 is 3.00 bits per heavy atom. The fourth-order valence-corrected chi connectivity index (χ4v) is 5.60. The van der Waals surface area contributed by atoms with E-state index in [9.17, 15) is 4.79 Å². The molecule has 4 heterocycles. The number of nitrogens with zero attached hydrogens (tertiary/aromatic N) is 4. The number of amides is 2. The van der Waals surface area contributed by atoms with Crippen LogP contribution in [0, 0.1) is 5.92 Å². The minimum atomic E-state index is -0.327. The van der Waals surface area contributed by atoms with E-state index in [1.807, 2.05) is 18.3 Å². The number of carbonyl (C=O) groups excluding carboxylic acids is 1. The summed E-state index contributed by atoms with van der Waals surface area (Å²) in [6, 6.07) is 3.66. The van der Waals surface area contributed by atoms with Gasteiger partial charge in [0.2, 0.25) is 0 Å². The number of aromatic nitrogens is 2. The molecule has 2 aromatic rings. The van der Waals surface area contributed by atoms with Crippen LogP contribution in [0.15, 0.2) is 24.5 Å². The van der Waals surface area contributed by atoms with Crippen LogP contribution in [0.25, 0.3) is 10.6 Å². The van der Waals surface area contributed by atoms with Crippen LogP contribution in [-0.2, 0) is 12.0 Å². The molecule has 0 radical (unpaired) electrons. The highest BCUT2D eigenvalue weighted by molar-refractivity contribution is 7.15. The van der Waals surface area contributed by atoms with E-state index < -0.39 is 0 Å². The molecule has 0 bridgehead atoms. The predicted octanol–water partition coefficient (Wildman–Crippen LogP) is 2.45. The van der Waals surface area contributed by atoms with Crippen molar-refractivity contribution in [3.63, 3.8) is 0 Å². The van der Waals surface area contributed by atoms with Gasteiger partial charge in [-0.2, -0.15) is 0 Å². The van der Waals surface area contributed by atoms with Crippen LogP contribution in [0.3, 0.4) is 0 Å². The van der Waals surface area contributed by atoms with E-state index in [4.69, 9.17) is 10.7 Å². The van der Waals surface area contributed by atoms with Crippen LogP contribution >= 0.6 is 11.3 Å². The maximum absolute atomic E-state index is 12.0. The topological polar surface area (TPSA) is 75.4 Å². The number of hydrogen-bond acceptors (Lipinski definition) is 5. The lowest BCUT2D eigenvalue weighted by Crippen LogP contribution is -2.50. The summed E-state index contributed by atoms with van der Waals surface area (Å²) in [5.74, 6) is 0.877. The van der Waals surface area contributed by atoms with Gasteiger partial charge in [-0.25, -0.2) is 9.78 Å². The molecule has 7 heteroatoms. The van der Waals surface area contributed by atoms with Crippen LogP contribution in [0.1, 0.15) is 29.8 Å². The van der Waals surface area contributed by atoms with E-state index in [-0.39, 0.29) is 11.4 Å². The first-order chi connectivity index (χ1) is 12.6. The Hall–Kier alpha value is -1.99. The highest BCUT2D eigenvalue weighted by atomic mass is 32.1. The average molecular weight is 369 g/mol. The second kappa shape index (κ2) is 6.03. The molecule has 26 heavy (non-hydrogen) atoms. The summed E-state index contributed by atoms with van der Waals surface area (Å²) >= 11 is 1.68. The maximum Gasteiger partial charge on any atom is 0.315 e. The van der Waals surface area contributed by atoms with E-state index in [0.29, 0.717) is 13.1 Å². The maximum atomic E-state index is 12.0. The van der Waals surface area contributed by atoms with Crippen molar-refractivity contribution < 1.29 is 4.79 Å². The zero-order chi connectivity index (χ0) is 17.7. The number of primary amides is 1. The normalized spacial score (nSPS) is 25.6. The summed E-state index contributed by atoms with van der Waals surface area (Å²) in [7, 11) is 0. The third-order valence-electron chi connectivity index (χ3n) is 5.89. The predicted molar refractivity (Wildman–Crippen MR) is 101 cm³/mol. The molecule has 2 fully saturated rings. The number of pyridine rings is 1. The van der Waals surface area contributed by atoms with Gasteiger partial charge >= 0.3 is 6.03 Å². The van der Waals surface area contributed by atoms with Crippen LogP contribution in [0.2, 0.25) is 0 Å². The summed E-state index contributed by atoms with van der Waals surface area (Å²) in [6.45, 7) is 4.52. The number of carbonyl (C=O) groups is 1. The lowest BCUT2D eigenvalue weighted by Gasteiger charge is -2.38. The van der Waals surface area contributed by atoms with Crippen LogP contribution in [0.5, 0.6) is 0 Å². The molecule has 2 amide bonds. The summed E-state index contributed by atoms with van der Waals surface area (Å²) in [4.78, 5) is 26.8. The zero-order valence-electron chi connectivity index (χ0n) is 14.7. The molecule has 5 rings (SSSR count). The van der Waals surface area contributed by atoms with E-state index in [0.717, 1.165) is 36.0 Å². The third-order valence-corrected chi connectivity index (χ3v) is 6.98. The minimum Gasteiger partial charge on any atom is -0.351 e. The Labute approximate surface area is 157 Å². The third kappa shape index (κ3) is 2.79. The monoisotopic (exact) mass is 369 g/mol. The molecule has 0 aromatic carbocycles. The van der Waals surface area contributed by atoms with Crippen LogP contribution in [-0.4, -0.2) is 52.0 Å². The minimum absolute atomic E-state index is 0.0749. The number of thiazole rings is 1. The van der Waals surface area contributed by atoms with Crippen molar-refractivity contribution in [2.24, 2.45) is 11.7 Å². The number of fused-ring (bicyclic) bond motifs is 2. The zero-order valence-corrected chi connectivity index (χ0v) is 15.5. The van der Waals surface area contributed by atoms with Crippen molar-refractivity contribution in [2.75, 3.05) is 26.2 Å². The smallest absolute Gasteiger partial charge is 0.315 e. The first-order valence-electron chi connectivity index (χ1n) is 9.30. The highest BCUT2D eigenvalue weighted by Crippen LogP contribution is 2.45. The lowest BCUT2D eigenvalue weighted by atomic mass is 9.80. The van der Waals surface area contributed by atoms with Crippen molar-refractivity contribution >= 4 is 17.4 Å². The molecule has 136 valence electrons. The Morgan fingerprint density at radius 1 is 1.38 bits per heavy atom. The molecular formula is C19H23N5OS. The lowest BCUT2D eigenvalue weighted by molar-refractivity contribution is 0.172. The molecule has 1 aliphatic carbocycles. The van der Waals surface area contributed by atoms with Gasteiger partial charge < -0.3 is 15.5 Å². The van der Waals surface area contributed by atoms with Crippen molar-refractivity contribution in [1.29, 1.82) is 0 Å². The fourth-order valence-electron chi connectivity index (χ4n) is 4.41. The highest BCUT2D eigenvalue weighted by Gasteiger charge is 2.48. The molecule has 6 nitrogen and oxygen atoms in total.